The third-order valence-corrected chi connectivity index (χ3v) is 3.25. The molecular formula is C10H16N2O3. The van der Waals surface area contributed by atoms with Crippen LogP contribution >= 0.6 is 0 Å². The summed E-state index contributed by atoms with van der Waals surface area (Å²) in [4.78, 5) is 24.3. The predicted molar refractivity (Wildman–Crippen MR) is 53.3 cm³/mol. The number of rotatable bonds is 2. The second-order valence-corrected chi connectivity index (χ2v) is 4.21. The van der Waals surface area contributed by atoms with E-state index in [1.54, 1.807) is 4.90 Å². The summed E-state index contributed by atoms with van der Waals surface area (Å²) < 4.78 is 0. The molecule has 0 aromatic rings. The summed E-state index contributed by atoms with van der Waals surface area (Å²) in [7, 11) is 0. The minimum atomic E-state index is -0.980. The van der Waals surface area contributed by atoms with Crippen molar-refractivity contribution < 1.29 is 14.7 Å². The fraction of sp³-hybridized carbons (Fsp3) is 0.800. The van der Waals surface area contributed by atoms with Gasteiger partial charge in [-0.2, -0.15) is 0 Å². The molecule has 2 aliphatic heterocycles. The maximum absolute atomic E-state index is 11.8. The van der Waals surface area contributed by atoms with E-state index in [-0.39, 0.29) is 11.9 Å². The summed E-state index contributed by atoms with van der Waals surface area (Å²) in [6, 6.07) is 0.204. The van der Waals surface area contributed by atoms with Crippen molar-refractivity contribution in [2.45, 2.75) is 25.3 Å². The number of hydrogen-bond donors (Lipinski definition) is 2. The minimum Gasteiger partial charge on any atom is -0.481 e. The number of nitrogens with one attached hydrogen (secondary N) is 1. The first-order chi connectivity index (χ1) is 7.20. The fourth-order valence-corrected chi connectivity index (χ4v) is 2.39. The Hall–Kier alpha value is -1.10. The van der Waals surface area contributed by atoms with Gasteiger partial charge in [0, 0.05) is 19.1 Å². The lowest BCUT2D eigenvalue weighted by molar-refractivity contribution is -0.148. The second kappa shape index (κ2) is 4.18. The van der Waals surface area contributed by atoms with E-state index in [2.05, 4.69) is 5.32 Å². The first kappa shape index (κ1) is 10.4. The highest BCUT2D eigenvalue weighted by molar-refractivity contribution is 5.98. The molecule has 0 saturated carbocycles. The van der Waals surface area contributed by atoms with Crippen LogP contribution in [0.3, 0.4) is 0 Å². The second-order valence-electron chi connectivity index (χ2n) is 4.21. The summed E-state index contributed by atoms with van der Waals surface area (Å²) in [5.41, 5.74) is 0. The van der Waals surface area contributed by atoms with E-state index < -0.39 is 11.9 Å². The zero-order valence-corrected chi connectivity index (χ0v) is 8.61. The normalized spacial score (nSPS) is 32.0. The molecule has 1 amide bonds. The Labute approximate surface area is 88.4 Å². The lowest BCUT2D eigenvalue weighted by atomic mass is 10.1. The van der Waals surface area contributed by atoms with E-state index in [0.29, 0.717) is 13.0 Å². The van der Waals surface area contributed by atoms with E-state index in [4.69, 9.17) is 5.11 Å². The van der Waals surface area contributed by atoms with Gasteiger partial charge < -0.3 is 15.3 Å². The van der Waals surface area contributed by atoms with Gasteiger partial charge in [0.05, 0.1) is 0 Å². The minimum absolute atomic E-state index is 0.198. The molecule has 2 fully saturated rings. The molecule has 5 heteroatoms. The van der Waals surface area contributed by atoms with Crippen molar-refractivity contribution in [1.29, 1.82) is 0 Å². The first-order valence-electron chi connectivity index (χ1n) is 5.44. The van der Waals surface area contributed by atoms with E-state index in [9.17, 15) is 9.59 Å². The Morgan fingerprint density at radius 3 is 2.80 bits per heavy atom. The smallest absolute Gasteiger partial charge is 0.316 e. The van der Waals surface area contributed by atoms with Gasteiger partial charge in [-0.15, -0.1) is 0 Å². The van der Waals surface area contributed by atoms with Crippen LogP contribution in [-0.4, -0.2) is 47.6 Å². The summed E-state index contributed by atoms with van der Waals surface area (Å²) >= 11 is 0. The molecule has 5 nitrogen and oxygen atoms in total. The van der Waals surface area contributed by atoms with Gasteiger partial charge in [0.2, 0.25) is 5.91 Å². The largest absolute Gasteiger partial charge is 0.481 e. The van der Waals surface area contributed by atoms with Crippen molar-refractivity contribution in [1.82, 2.24) is 10.2 Å². The summed E-state index contributed by atoms with van der Waals surface area (Å²) in [6.07, 6.45) is 2.52. The Kier molecular flexibility index (Phi) is 2.90. The number of carbonyl (C=O) groups is 2. The highest BCUT2D eigenvalue weighted by Crippen LogP contribution is 2.23. The van der Waals surface area contributed by atoms with Crippen LogP contribution in [0.4, 0.5) is 0 Å². The molecule has 0 radical (unpaired) electrons. The number of nitrogens with zero attached hydrogens (tertiary/aromatic N) is 1. The third kappa shape index (κ3) is 1.97. The summed E-state index contributed by atoms with van der Waals surface area (Å²) in [5.74, 6) is -1.98. The van der Waals surface area contributed by atoms with Crippen LogP contribution in [0.2, 0.25) is 0 Å². The van der Waals surface area contributed by atoms with Gasteiger partial charge in [-0.1, -0.05) is 0 Å². The van der Waals surface area contributed by atoms with Gasteiger partial charge >= 0.3 is 5.97 Å². The van der Waals surface area contributed by atoms with Gasteiger partial charge in [0.25, 0.3) is 0 Å². The third-order valence-electron chi connectivity index (χ3n) is 3.25. The van der Waals surface area contributed by atoms with Crippen LogP contribution in [0.15, 0.2) is 0 Å². The fourth-order valence-electron chi connectivity index (χ4n) is 2.39. The molecule has 15 heavy (non-hydrogen) atoms. The molecule has 2 N–H and O–H groups in total. The molecule has 2 atom stereocenters. The Morgan fingerprint density at radius 2 is 2.27 bits per heavy atom. The Balaban J connectivity index is 1.99. The molecular weight excluding hydrogens is 196 g/mol. The Bertz CT molecular complexity index is 274. The quantitative estimate of drug-likeness (QED) is 0.615. The van der Waals surface area contributed by atoms with Crippen molar-refractivity contribution in [2.24, 2.45) is 5.92 Å². The zero-order chi connectivity index (χ0) is 10.8. The van der Waals surface area contributed by atoms with Crippen LogP contribution < -0.4 is 5.32 Å². The standard InChI is InChI=1S/C10H16N2O3/c13-9-8(10(14)15)3-5-12(9)7-2-1-4-11-6-7/h7-8,11H,1-6H2,(H,14,15). The Morgan fingerprint density at radius 1 is 1.47 bits per heavy atom. The molecule has 0 bridgehead atoms. The SMILES string of the molecule is O=C(O)C1CCN(C2CCCNC2)C1=O. The number of carbonyl (C=O) groups excluding carboxylic acids is 1. The van der Waals surface area contributed by atoms with E-state index in [0.717, 1.165) is 25.9 Å². The van der Waals surface area contributed by atoms with Gasteiger partial charge in [0.1, 0.15) is 5.92 Å². The number of carboxylic acid groups (broad SMARTS) is 1. The molecule has 2 aliphatic rings. The highest BCUT2D eigenvalue weighted by Gasteiger charge is 2.40. The molecule has 0 aliphatic carbocycles. The zero-order valence-electron chi connectivity index (χ0n) is 8.61. The number of carboxylic acids is 1. The first-order valence-corrected chi connectivity index (χ1v) is 5.44. The lowest BCUT2D eigenvalue weighted by Gasteiger charge is -2.31. The molecule has 0 aromatic heterocycles. The van der Waals surface area contributed by atoms with Gasteiger partial charge in [-0.25, -0.2) is 0 Å². The molecule has 2 heterocycles. The van der Waals surface area contributed by atoms with E-state index >= 15 is 0 Å². The lowest BCUT2D eigenvalue weighted by Crippen LogP contribution is -2.47. The number of hydrogen-bond acceptors (Lipinski definition) is 3. The molecule has 84 valence electrons. The van der Waals surface area contributed by atoms with Crippen molar-refractivity contribution >= 4 is 11.9 Å². The van der Waals surface area contributed by atoms with Crippen LogP contribution in [0.1, 0.15) is 19.3 Å². The summed E-state index contributed by atoms with van der Waals surface area (Å²) in [6.45, 7) is 2.40. The number of likely N-dealkylation sites (tertiary alicyclic amines) is 1. The number of amides is 1. The van der Waals surface area contributed by atoms with Crippen LogP contribution in [0.25, 0.3) is 0 Å². The van der Waals surface area contributed by atoms with Crippen molar-refractivity contribution in [3.63, 3.8) is 0 Å². The highest BCUT2D eigenvalue weighted by atomic mass is 16.4. The van der Waals surface area contributed by atoms with E-state index in [1.807, 2.05) is 0 Å². The average Bonchev–Trinajstić information content (AvgIpc) is 2.61. The molecule has 0 spiro atoms. The maximum atomic E-state index is 11.8. The van der Waals surface area contributed by atoms with Gasteiger partial charge in [-0.3, -0.25) is 9.59 Å². The van der Waals surface area contributed by atoms with Crippen molar-refractivity contribution in [3.05, 3.63) is 0 Å². The van der Waals surface area contributed by atoms with E-state index in [1.165, 1.54) is 0 Å². The molecule has 2 saturated heterocycles. The number of aliphatic carboxylic acids is 1. The summed E-state index contributed by atoms with van der Waals surface area (Å²) in [5, 5.41) is 12.1. The predicted octanol–water partition coefficient (Wildman–Crippen LogP) is -0.329. The maximum Gasteiger partial charge on any atom is 0.316 e. The molecule has 0 aromatic carbocycles. The van der Waals surface area contributed by atoms with Crippen LogP contribution in [-0.2, 0) is 9.59 Å². The average molecular weight is 212 g/mol. The molecule has 2 rings (SSSR count). The van der Waals surface area contributed by atoms with Crippen LogP contribution in [0, 0.1) is 5.92 Å². The van der Waals surface area contributed by atoms with Gasteiger partial charge in [-0.05, 0) is 25.8 Å². The van der Waals surface area contributed by atoms with Crippen molar-refractivity contribution in [2.75, 3.05) is 19.6 Å². The number of piperidine rings is 1. The topological polar surface area (TPSA) is 69.6 Å². The van der Waals surface area contributed by atoms with Crippen LogP contribution in [0.5, 0.6) is 0 Å². The molecule has 2 unspecified atom stereocenters. The monoisotopic (exact) mass is 212 g/mol. The van der Waals surface area contributed by atoms with Gasteiger partial charge in [0.15, 0.2) is 0 Å². The van der Waals surface area contributed by atoms with Crippen molar-refractivity contribution in [3.8, 4) is 0 Å².